The molecule has 1 N–H and O–H groups in total. The van der Waals surface area contributed by atoms with Crippen molar-refractivity contribution in [2.75, 3.05) is 6.54 Å². The van der Waals surface area contributed by atoms with Gasteiger partial charge in [-0.15, -0.1) is 12.4 Å². The van der Waals surface area contributed by atoms with Gasteiger partial charge in [0.15, 0.2) is 0 Å². The minimum atomic E-state index is 0. The molecule has 0 radical (unpaired) electrons. The van der Waals surface area contributed by atoms with Gasteiger partial charge >= 0.3 is 0 Å². The maximum Gasteiger partial charge on any atom is 0.119 e. The monoisotopic (exact) mass is 333 g/mol. The predicted molar refractivity (Wildman–Crippen MR) is 100 cm³/mol. The van der Waals surface area contributed by atoms with Crippen molar-refractivity contribution >= 4 is 12.4 Å². The third kappa shape index (κ3) is 7.54. The third-order valence-electron chi connectivity index (χ3n) is 3.68. The lowest BCUT2D eigenvalue weighted by molar-refractivity contribution is 0.306. The molecule has 2 rings (SSSR count). The number of hydrogen-bond donors (Lipinski definition) is 1. The minimum absolute atomic E-state index is 0. The summed E-state index contributed by atoms with van der Waals surface area (Å²) in [7, 11) is 0. The van der Waals surface area contributed by atoms with Crippen molar-refractivity contribution in [2.45, 2.75) is 40.3 Å². The Kier molecular flexibility index (Phi) is 8.75. The van der Waals surface area contributed by atoms with Crippen LogP contribution in [0.25, 0.3) is 0 Å². The fraction of sp³-hybridized carbons (Fsp3) is 0.400. The molecule has 0 fully saturated rings. The van der Waals surface area contributed by atoms with Crippen molar-refractivity contribution in [1.29, 1.82) is 0 Å². The van der Waals surface area contributed by atoms with Gasteiger partial charge in [0.05, 0.1) is 0 Å². The van der Waals surface area contributed by atoms with Crippen LogP contribution in [0, 0.1) is 12.8 Å². The van der Waals surface area contributed by atoms with E-state index in [9.17, 15) is 0 Å². The molecule has 0 aliphatic rings. The molecule has 2 aromatic rings. The largest absolute Gasteiger partial charge is 0.489 e. The topological polar surface area (TPSA) is 21.3 Å². The highest BCUT2D eigenvalue weighted by atomic mass is 35.5. The maximum absolute atomic E-state index is 5.82. The van der Waals surface area contributed by atoms with Gasteiger partial charge in [0.2, 0.25) is 0 Å². The van der Waals surface area contributed by atoms with E-state index in [4.69, 9.17) is 4.74 Å². The summed E-state index contributed by atoms with van der Waals surface area (Å²) in [6.45, 7) is 9.21. The van der Waals surface area contributed by atoms with Crippen LogP contribution in [0.4, 0.5) is 0 Å². The molecule has 0 saturated heterocycles. The Labute approximate surface area is 146 Å². The molecular formula is C20H28ClNO. The number of ether oxygens (including phenoxy) is 1. The first-order chi connectivity index (χ1) is 10.6. The molecular weight excluding hydrogens is 306 g/mol. The van der Waals surface area contributed by atoms with Gasteiger partial charge in [0.25, 0.3) is 0 Å². The van der Waals surface area contributed by atoms with E-state index in [-0.39, 0.29) is 12.4 Å². The molecule has 0 saturated carbocycles. The number of nitrogens with one attached hydrogen (secondary N) is 1. The Morgan fingerprint density at radius 2 is 1.52 bits per heavy atom. The lowest BCUT2D eigenvalue weighted by Gasteiger charge is -2.09. The van der Waals surface area contributed by atoms with E-state index in [2.05, 4.69) is 62.5 Å². The summed E-state index contributed by atoms with van der Waals surface area (Å²) < 4.78 is 5.82. The van der Waals surface area contributed by atoms with Crippen LogP contribution in [0.5, 0.6) is 5.75 Å². The molecule has 0 aliphatic heterocycles. The number of rotatable bonds is 8. The van der Waals surface area contributed by atoms with Gasteiger partial charge in [0, 0.05) is 6.54 Å². The number of benzene rings is 2. The normalized spacial score (nSPS) is 10.4. The average molecular weight is 334 g/mol. The summed E-state index contributed by atoms with van der Waals surface area (Å²) in [5.74, 6) is 1.68. The molecule has 0 aromatic heterocycles. The SMILES string of the molecule is Cc1ccc(COc2ccc(CNCCC(C)C)cc2)cc1.Cl. The molecule has 2 aromatic carbocycles. The van der Waals surface area contributed by atoms with E-state index in [1.165, 1.54) is 23.1 Å². The summed E-state index contributed by atoms with van der Waals surface area (Å²) in [4.78, 5) is 0. The van der Waals surface area contributed by atoms with Crippen LogP contribution in [-0.2, 0) is 13.2 Å². The standard InChI is InChI=1S/C20H27NO.ClH/c1-16(2)12-13-21-14-18-8-10-20(11-9-18)22-15-19-6-4-17(3)5-7-19;/h4-11,16,21H,12-15H2,1-3H3;1H. The molecule has 126 valence electrons. The van der Waals surface area contributed by atoms with Crippen LogP contribution in [-0.4, -0.2) is 6.54 Å². The van der Waals surface area contributed by atoms with Crippen molar-refractivity contribution in [3.05, 3.63) is 65.2 Å². The summed E-state index contributed by atoms with van der Waals surface area (Å²) >= 11 is 0. The molecule has 0 spiro atoms. The molecule has 0 aliphatic carbocycles. The van der Waals surface area contributed by atoms with Gasteiger partial charge in [-0.1, -0.05) is 55.8 Å². The van der Waals surface area contributed by atoms with E-state index >= 15 is 0 Å². The first-order valence-corrected chi connectivity index (χ1v) is 8.11. The van der Waals surface area contributed by atoms with Gasteiger partial charge in [-0.25, -0.2) is 0 Å². The Bertz CT molecular complexity index is 549. The smallest absolute Gasteiger partial charge is 0.119 e. The van der Waals surface area contributed by atoms with Crippen LogP contribution < -0.4 is 10.1 Å². The number of hydrogen-bond acceptors (Lipinski definition) is 2. The van der Waals surface area contributed by atoms with Gasteiger partial charge in [-0.3, -0.25) is 0 Å². The molecule has 0 bridgehead atoms. The van der Waals surface area contributed by atoms with Crippen LogP contribution >= 0.6 is 12.4 Å². The second-order valence-electron chi connectivity index (χ2n) is 6.28. The summed E-state index contributed by atoms with van der Waals surface area (Å²) in [5, 5.41) is 3.47. The van der Waals surface area contributed by atoms with Gasteiger partial charge in [-0.2, -0.15) is 0 Å². The lowest BCUT2D eigenvalue weighted by Crippen LogP contribution is -2.16. The van der Waals surface area contributed by atoms with Crippen LogP contribution in [0.3, 0.4) is 0 Å². The lowest BCUT2D eigenvalue weighted by atomic mass is 10.1. The second-order valence-corrected chi connectivity index (χ2v) is 6.28. The molecule has 0 amide bonds. The number of halogens is 1. The van der Waals surface area contributed by atoms with E-state index in [1.807, 2.05) is 12.1 Å². The molecule has 2 nitrogen and oxygen atoms in total. The molecule has 0 heterocycles. The zero-order chi connectivity index (χ0) is 15.8. The zero-order valence-electron chi connectivity index (χ0n) is 14.3. The van der Waals surface area contributed by atoms with E-state index in [0.29, 0.717) is 6.61 Å². The van der Waals surface area contributed by atoms with Crippen molar-refractivity contribution in [2.24, 2.45) is 5.92 Å². The van der Waals surface area contributed by atoms with E-state index < -0.39 is 0 Å². The maximum atomic E-state index is 5.82. The Balaban J connectivity index is 0.00000264. The second kappa shape index (κ2) is 10.3. The first-order valence-electron chi connectivity index (χ1n) is 8.11. The van der Waals surface area contributed by atoms with Crippen molar-refractivity contribution in [3.8, 4) is 5.75 Å². The zero-order valence-corrected chi connectivity index (χ0v) is 15.2. The van der Waals surface area contributed by atoms with Crippen molar-refractivity contribution in [3.63, 3.8) is 0 Å². The Morgan fingerprint density at radius 3 is 2.13 bits per heavy atom. The predicted octanol–water partition coefficient (Wildman–Crippen LogP) is 5.13. The van der Waals surface area contributed by atoms with Gasteiger partial charge < -0.3 is 10.1 Å². The fourth-order valence-corrected chi connectivity index (χ4v) is 2.18. The Hall–Kier alpha value is -1.51. The summed E-state index contributed by atoms with van der Waals surface area (Å²) in [6.07, 6.45) is 1.22. The highest BCUT2D eigenvalue weighted by molar-refractivity contribution is 5.85. The summed E-state index contributed by atoms with van der Waals surface area (Å²) in [5.41, 5.74) is 3.77. The first kappa shape index (κ1) is 19.5. The van der Waals surface area contributed by atoms with E-state index in [1.54, 1.807) is 0 Å². The highest BCUT2D eigenvalue weighted by Gasteiger charge is 1.98. The van der Waals surface area contributed by atoms with Crippen molar-refractivity contribution < 1.29 is 4.74 Å². The van der Waals surface area contributed by atoms with E-state index in [0.717, 1.165) is 24.8 Å². The summed E-state index contributed by atoms with van der Waals surface area (Å²) in [6, 6.07) is 16.8. The minimum Gasteiger partial charge on any atom is -0.489 e. The highest BCUT2D eigenvalue weighted by Crippen LogP contribution is 2.14. The molecule has 0 atom stereocenters. The number of aryl methyl sites for hydroxylation is 1. The molecule has 3 heteroatoms. The van der Waals surface area contributed by atoms with Crippen molar-refractivity contribution in [1.82, 2.24) is 5.32 Å². The van der Waals surface area contributed by atoms with Gasteiger partial charge in [-0.05, 0) is 49.1 Å². The molecule has 23 heavy (non-hydrogen) atoms. The quantitative estimate of drug-likeness (QED) is 0.676. The average Bonchev–Trinajstić information content (AvgIpc) is 2.52. The molecule has 0 unspecified atom stereocenters. The van der Waals surface area contributed by atoms with Crippen LogP contribution in [0.15, 0.2) is 48.5 Å². The third-order valence-corrected chi connectivity index (χ3v) is 3.68. The van der Waals surface area contributed by atoms with Gasteiger partial charge in [0.1, 0.15) is 12.4 Å². The van der Waals surface area contributed by atoms with Crippen LogP contribution in [0.1, 0.15) is 37.0 Å². The Morgan fingerprint density at radius 1 is 0.913 bits per heavy atom. The van der Waals surface area contributed by atoms with Crippen LogP contribution in [0.2, 0.25) is 0 Å². The fourth-order valence-electron chi connectivity index (χ4n) is 2.18.